The van der Waals surface area contributed by atoms with Crippen LogP contribution in [0.3, 0.4) is 0 Å². The number of carbonyl (C=O) groups is 1. The fourth-order valence-electron chi connectivity index (χ4n) is 2.77. The van der Waals surface area contributed by atoms with Crippen LogP contribution in [-0.4, -0.2) is 54.1 Å². The highest BCUT2D eigenvalue weighted by molar-refractivity contribution is 5.94. The Labute approximate surface area is 121 Å². The fourth-order valence-corrected chi connectivity index (χ4v) is 2.77. The molecule has 1 aromatic carbocycles. The van der Waals surface area contributed by atoms with Crippen LogP contribution in [0.15, 0.2) is 24.3 Å². The second kappa shape index (κ2) is 6.86. The van der Waals surface area contributed by atoms with Crippen molar-refractivity contribution in [2.45, 2.75) is 31.8 Å². The van der Waals surface area contributed by atoms with E-state index in [9.17, 15) is 9.90 Å². The summed E-state index contributed by atoms with van der Waals surface area (Å²) < 4.78 is 0. The normalized spacial score (nSPS) is 19.9. The van der Waals surface area contributed by atoms with Crippen molar-refractivity contribution in [2.75, 3.05) is 27.2 Å². The van der Waals surface area contributed by atoms with E-state index in [1.54, 1.807) is 19.0 Å². The van der Waals surface area contributed by atoms with Crippen LogP contribution < -0.4 is 0 Å². The summed E-state index contributed by atoms with van der Waals surface area (Å²) in [6.07, 6.45) is 3.44. The van der Waals surface area contributed by atoms with E-state index in [2.05, 4.69) is 11.0 Å². The smallest absolute Gasteiger partial charge is 0.253 e. The first-order valence-corrected chi connectivity index (χ1v) is 7.27. The minimum atomic E-state index is 0.0317. The highest BCUT2D eigenvalue weighted by Crippen LogP contribution is 2.20. The maximum atomic E-state index is 12.0. The van der Waals surface area contributed by atoms with Crippen molar-refractivity contribution in [3.63, 3.8) is 0 Å². The van der Waals surface area contributed by atoms with Crippen LogP contribution in [0, 0.1) is 0 Å². The Morgan fingerprint density at radius 1 is 1.40 bits per heavy atom. The van der Waals surface area contributed by atoms with Crippen LogP contribution in [-0.2, 0) is 6.54 Å². The largest absolute Gasteiger partial charge is 0.395 e. The Kier molecular flexibility index (Phi) is 5.15. The molecule has 1 aromatic rings. The molecule has 1 atom stereocenters. The zero-order valence-corrected chi connectivity index (χ0v) is 12.4. The zero-order valence-electron chi connectivity index (χ0n) is 12.4. The second-order valence-electron chi connectivity index (χ2n) is 5.70. The molecule has 2 rings (SSSR count). The molecule has 0 aliphatic carbocycles. The first-order valence-electron chi connectivity index (χ1n) is 7.27. The lowest BCUT2D eigenvalue weighted by Crippen LogP contribution is -2.41. The number of piperidine rings is 1. The van der Waals surface area contributed by atoms with E-state index < -0.39 is 0 Å². The van der Waals surface area contributed by atoms with Crippen molar-refractivity contribution < 1.29 is 9.90 Å². The van der Waals surface area contributed by atoms with E-state index in [0.717, 1.165) is 30.6 Å². The first kappa shape index (κ1) is 15.0. The van der Waals surface area contributed by atoms with E-state index in [1.165, 1.54) is 12.8 Å². The Balaban J connectivity index is 2.09. The van der Waals surface area contributed by atoms with Crippen molar-refractivity contribution in [2.24, 2.45) is 0 Å². The molecule has 20 heavy (non-hydrogen) atoms. The Hall–Kier alpha value is -1.39. The highest BCUT2D eigenvalue weighted by atomic mass is 16.3. The third-order valence-electron chi connectivity index (χ3n) is 3.93. The molecule has 0 radical (unpaired) electrons. The number of likely N-dealkylation sites (tertiary alicyclic amines) is 1. The molecular formula is C16H24N2O2. The van der Waals surface area contributed by atoms with E-state index in [0.29, 0.717) is 0 Å². The maximum Gasteiger partial charge on any atom is 0.253 e. The number of aliphatic hydroxyl groups excluding tert-OH is 1. The van der Waals surface area contributed by atoms with Crippen molar-refractivity contribution in [1.29, 1.82) is 0 Å². The molecule has 1 N–H and O–H groups in total. The summed E-state index contributed by atoms with van der Waals surface area (Å²) in [4.78, 5) is 15.9. The minimum absolute atomic E-state index is 0.0317. The van der Waals surface area contributed by atoms with Gasteiger partial charge in [-0.15, -0.1) is 0 Å². The first-order chi connectivity index (χ1) is 9.61. The number of hydrogen-bond donors (Lipinski definition) is 1. The topological polar surface area (TPSA) is 43.8 Å². The summed E-state index contributed by atoms with van der Waals surface area (Å²) in [6.45, 7) is 2.05. The molecule has 1 heterocycles. The van der Waals surface area contributed by atoms with Crippen molar-refractivity contribution in [1.82, 2.24) is 9.80 Å². The Morgan fingerprint density at radius 3 is 2.90 bits per heavy atom. The molecule has 4 heteroatoms. The average molecular weight is 276 g/mol. The van der Waals surface area contributed by atoms with Gasteiger partial charge in [-0.1, -0.05) is 18.6 Å². The van der Waals surface area contributed by atoms with Gasteiger partial charge in [0.2, 0.25) is 0 Å². The van der Waals surface area contributed by atoms with Gasteiger partial charge in [-0.25, -0.2) is 0 Å². The number of amides is 1. The molecule has 1 aliphatic heterocycles. The molecule has 110 valence electrons. The molecule has 0 bridgehead atoms. The third-order valence-corrected chi connectivity index (χ3v) is 3.93. The second-order valence-corrected chi connectivity index (χ2v) is 5.70. The zero-order chi connectivity index (χ0) is 14.5. The van der Waals surface area contributed by atoms with E-state index in [1.807, 2.05) is 18.2 Å². The molecule has 1 fully saturated rings. The van der Waals surface area contributed by atoms with E-state index in [-0.39, 0.29) is 18.6 Å². The van der Waals surface area contributed by atoms with Gasteiger partial charge >= 0.3 is 0 Å². The quantitative estimate of drug-likeness (QED) is 0.911. The van der Waals surface area contributed by atoms with Crippen LogP contribution in [0.5, 0.6) is 0 Å². The van der Waals surface area contributed by atoms with Gasteiger partial charge in [-0.2, -0.15) is 0 Å². The predicted molar refractivity (Wildman–Crippen MR) is 79.6 cm³/mol. The van der Waals surface area contributed by atoms with Crippen LogP contribution in [0.4, 0.5) is 0 Å². The minimum Gasteiger partial charge on any atom is -0.395 e. The van der Waals surface area contributed by atoms with Crippen LogP contribution in [0.1, 0.15) is 35.2 Å². The van der Waals surface area contributed by atoms with Crippen LogP contribution in [0.2, 0.25) is 0 Å². The number of carbonyl (C=O) groups excluding carboxylic acids is 1. The summed E-state index contributed by atoms with van der Waals surface area (Å²) in [5.41, 5.74) is 1.86. The summed E-state index contributed by atoms with van der Waals surface area (Å²) in [6, 6.07) is 8.06. The lowest BCUT2D eigenvalue weighted by molar-refractivity contribution is 0.0819. The Morgan fingerprint density at radius 2 is 2.20 bits per heavy atom. The van der Waals surface area contributed by atoms with Crippen molar-refractivity contribution in [3.05, 3.63) is 35.4 Å². The molecule has 1 unspecified atom stereocenters. The fraction of sp³-hybridized carbons (Fsp3) is 0.562. The monoisotopic (exact) mass is 276 g/mol. The molecule has 1 saturated heterocycles. The number of benzene rings is 1. The number of hydrogen-bond acceptors (Lipinski definition) is 3. The van der Waals surface area contributed by atoms with E-state index >= 15 is 0 Å². The molecule has 0 spiro atoms. The highest BCUT2D eigenvalue weighted by Gasteiger charge is 2.21. The number of aliphatic hydroxyl groups is 1. The molecule has 4 nitrogen and oxygen atoms in total. The van der Waals surface area contributed by atoms with Crippen LogP contribution in [0.25, 0.3) is 0 Å². The van der Waals surface area contributed by atoms with Gasteiger partial charge in [0, 0.05) is 32.2 Å². The number of nitrogens with zero attached hydrogens (tertiary/aromatic N) is 2. The molecule has 0 aromatic heterocycles. The maximum absolute atomic E-state index is 12.0. The van der Waals surface area contributed by atoms with Gasteiger partial charge in [0.25, 0.3) is 5.91 Å². The van der Waals surface area contributed by atoms with Gasteiger partial charge in [0.1, 0.15) is 0 Å². The molecule has 1 aliphatic rings. The van der Waals surface area contributed by atoms with E-state index in [4.69, 9.17) is 0 Å². The van der Waals surface area contributed by atoms with Gasteiger partial charge < -0.3 is 10.0 Å². The Bertz CT molecular complexity index is 460. The van der Waals surface area contributed by atoms with Crippen molar-refractivity contribution >= 4 is 5.91 Å². The lowest BCUT2D eigenvalue weighted by atomic mass is 10.0. The summed E-state index contributed by atoms with van der Waals surface area (Å²) >= 11 is 0. The van der Waals surface area contributed by atoms with Gasteiger partial charge in [-0.05, 0) is 37.1 Å². The predicted octanol–water partition coefficient (Wildman–Crippen LogP) is 1.74. The standard InChI is InChI=1S/C16H24N2O2/c1-17(2)16(20)14-7-5-6-13(10-14)11-18-9-4-3-8-15(18)12-19/h5-7,10,15,19H,3-4,8-9,11-12H2,1-2H3. The van der Waals surface area contributed by atoms with Gasteiger partial charge in [-0.3, -0.25) is 9.69 Å². The van der Waals surface area contributed by atoms with Crippen molar-refractivity contribution in [3.8, 4) is 0 Å². The average Bonchev–Trinajstić information content (AvgIpc) is 2.47. The summed E-state index contributed by atoms with van der Waals surface area (Å²) in [5.74, 6) is 0.0317. The summed E-state index contributed by atoms with van der Waals surface area (Å²) in [5, 5.41) is 9.45. The third kappa shape index (κ3) is 3.58. The van der Waals surface area contributed by atoms with Gasteiger partial charge in [0.15, 0.2) is 0 Å². The molecular weight excluding hydrogens is 252 g/mol. The van der Waals surface area contributed by atoms with Crippen LogP contribution >= 0.6 is 0 Å². The SMILES string of the molecule is CN(C)C(=O)c1cccc(CN2CCCCC2CO)c1. The van der Waals surface area contributed by atoms with Gasteiger partial charge in [0.05, 0.1) is 6.61 Å². The summed E-state index contributed by atoms with van der Waals surface area (Å²) in [7, 11) is 3.53. The number of rotatable bonds is 4. The lowest BCUT2D eigenvalue weighted by Gasteiger charge is -2.34. The molecule has 0 saturated carbocycles. The molecule has 1 amide bonds.